The Morgan fingerprint density at radius 1 is 1.32 bits per heavy atom. The summed E-state index contributed by atoms with van der Waals surface area (Å²) in [6.45, 7) is 5.93. The second-order valence-corrected chi connectivity index (χ2v) is 7.72. The quantitative estimate of drug-likeness (QED) is 0.739. The topological polar surface area (TPSA) is 78.5 Å². The van der Waals surface area contributed by atoms with Crippen LogP contribution < -0.4 is 10.0 Å². The van der Waals surface area contributed by atoms with Crippen molar-refractivity contribution in [3.05, 3.63) is 29.6 Å². The molecule has 0 radical (unpaired) electrons. The molecule has 6 nitrogen and oxygen atoms in total. The molecule has 9 heteroatoms. The van der Waals surface area contributed by atoms with E-state index in [0.29, 0.717) is 13.1 Å². The van der Waals surface area contributed by atoms with E-state index in [1.807, 2.05) is 13.8 Å². The van der Waals surface area contributed by atoms with Gasteiger partial charge in [-0.2, -0.15) is 0 Å². The molecule has 1 aromatic rings. The van der Waals surface area contributed by atoms with Gasteiger partial charge in [0.2, 0.25) is 10.0 Å². The Kier molecular flexibility index (Phi) is 8.27. The van der Waals surface area contributed by atoms with Gasteiger partial charge in [-0.3, -0.25) is 4.79 Å². The Morgan fingerprint density at radius 3 is 2.52 bits per heavy atom. The van der Waals surface area contributed by atoms with Gasteiger partial charge >= 0.3 is 0 Å². The Morgan fingerprint density at radius 2 is 1.96 bits per heavy atom. The zero-order chi connectivity index (χ0) is 17.7. The number of carbonyl (C=O) groups excluding carboxylic acids is 1. The summed E-state index contributed by atoms with van der Waals surface area (Å²) in [5.41, 5.74) is -0.0862. The van der Waals surface area contributed by atoms with E-state index < -0.39 is 15.8 Å². The Balaban J connectivity index is 0.00000312. The van der Waals surface area contributed by atoms with Gasteiger partial charge in [-0.15, -0.1) is 12.4 Å². The SMILES string of the molecule is CCN[C@H](C)CNS(=O)(=O)c1ccc(C(=O)N2CCCC2)c(F)c1.Cl. The molecule has 0 unspecified atom stereocenters. The highest BCUT2D eigenvalue weighted by atomic mass is 35.5. The summed E-state index contributed by atoms with van der Waals surface area (Å²) < 4.78 is 41.1. The number of benzene rings is 1. The molecule has 1 amide bonds. The maximum absolute atomic E-state index is 14.3. The number of likely N-dealkylation sites (N-methyl/N-ethyl adjacent to an activating group) is 1. The lowest BCUT2D eigenvalue weighted by Gasteiger charge is -2.16. The third kappa shape index (κ3) is 5.64. The molecule has 1 fully saturated rings. The number of nitrogens with one attached hydrogen (secondary N) is 2. The lowest BCUT2D eigenvalue weighted by atomic mass is 10.2. The van der Waals surface area contributed by atoms with Gasteiger partial charge in [-0.25, -0.2) is 17.5 Å². The monoisotopic (exact) mass is 393 g/mol. The minimum atomic E-state index is -3.81. The van der Waals surface area contributed by atoms with Crippen LogP contribution in [0.2, 0.25) is 0 Å². The minimum Gasteiger partial charge on any atom is -0.339 e. The highest BCUT2D eigenvalue weighted by Crippen LogP contribution is 2.19. The standard InChI is InChI=1S/C16H24FN3O3S.ClH/c1-3-18-12(2)11-19-24(22,23)13-6-7-14(15(17)10-13)16(21)20-8-4-5-9-20;/h6-7,10,12,18-19H,3-5,8-9,11H2,1-2H3;1H/t12-;/m1./s1. The lowest BCUT2D eigenvalue weighted by molar-refractivity contribution is 0.0788. The summed E-state index contributed by atoms with van der Waals surface area (Å²) in [5.74, 6) is -1.20. The van der Waals surface area contributed by atoms with Crippen molar-refractivity contribution in [2.45, 2.75) is 37.6 Å². The van der Waals surface area contributed by atoms with Gasteiger partial charge in [0.1, 0.15) is 5.82 Å². The first-order valence-corrected chi connectivity index (χ1v) is 9.65. The van der Waals surface area contributed by atoms with Crippen molar-refractivity contribution in [1.82, 2.24) is 14.9 Å². The van der Waals surface area contributed by atoms with Crippen molar-refractivity contribution in [2.75, 3.05) is 26.2 Å². The molecular formula is C16H25ClFN3O3S. The van der Waals surface area contributed by atoms with Crippen LogP contribution in [0, 0.1) is 5.82 Å². The summed E-state index contributed by atoms with van der Waals surface area (Å²) >= 11 is 0. The van der Waals surface area contributed by atoms with Crippen LogP contribution in [-0.4, -0.2) is 51.4 Å². The summed E-state index contributed by atoms with van der Waals surface area (Å²) in [7, 11) is -3.81. The van der Waals surface area contributed by atoms with Crippen LogP contribution in [-0.2, 0) is 10.0 Å². The van der Waals surface area contributed by atoms with E-state index in [9.17, 15) is 17.6 Å². The number of sulfonamides is 1. The molecule has 1 aliphatic rings. The van der Waals surface area contributed by atoms with Gasteiger partial charge in [0.25, 0.3) is 5.91 Å². The number of carbonyl (C=O) groups is 1. The van der Waals surface area contributed by atoms with E-state index in [1.165, 1.54) is 12.1 Å². The summed E-state index contributed by atoms with van der Waals surface area (Å²) in [6, 6.07) is 3.39. The molecule has 0 aliphatic carbocycles. The minimum absolute atomic E-state index is 0. The molecule has 1 heterocycles. The average molecular weight is 394 g/mol. The molecule has 1 saturated heterocycles. The molecule has 2 N–H and O–H groups in total. The predicted octanol–water partition coefficient (Wildman–Crippen LogP) is 1.76. The molecule has 0 bridgehead atoms. The molecule has 25 heavy (non-hydrogen) atoms. The molecule has 0 aromatic heterocycles. The van der Waals surface area contributed by atoms with Gasteiger partial charge in [-0.05, 0) is 44.5 Å². The number of likely N-dealkylation sites (tertiary alicyclic amines) is 1. The smallest absolute Gasteiger partial charge is 0.256 e. The van der Waals surface area contributed by atoms with Crippen LogP contribution in [0.25, 0.3) is 0 Å². The van der Waals surface area contributed by atoms with Crippen LogP contribution in [0.4, 0.5) is 4.39 Å². The zero-order valence-electron chi connectivity index (χ0n) is 14.4. The van der Waals surface area contributed by atoms with Crippen molar-refractivity contribution in [3.8, 4) is 0 Å². The van der Waals surface area contributed by atoms with Crippen molar-refractivity contribution in [2.24, 2.45) is 0 Å². The fourth-order valence-corrected chi connectivity index (χ4v) is 3.81. The van der Waals surface area contributed by atoms with Gasteiger partial charge in [0, 0.05) is 25.7 Å². The highest BCUT2D eigenvalue weighted by molar-refractivity contribution is 7.89. The summed E-state index contributed by atoms with van der Waals surface area (Å²) in [6.07, 6.45) is 1.82. The Hall–Kier alpha value is -1.22. The van der Waals surface area contributed by atoms with Crippen molar-refractivity contribution >= 4 is 28.3 Å². The van der Waals surface area contributed by atoms with Gasteiger partial charge in [0.15, 0.2) is 0 Å². The molecule has 0 saturated carbocycles. The third-order valence-electron chi connectivity index (χ3n) is 4.01. The molecular weight excluding hydrogens is 369 g/mol. The number of nitrogens with zero attached hydrogens (tertiary/aromatic N) is 1. The van der Waals surface area contributed by atoms with Gasteiger partial charge in [0.05, 0.1) is 10.5 Å². The normalized spacial score (nSPS) is 15.7. The molecule has 2 rings (SSSR count). The molecule has 1 aliphatic heterocycles. The van der Waals surface area contributed by atoms with E-state index in [1.54, 1.807) is 4.90 Å². The number of halogens is 2. The summed E-state index contributed by atoms with van der Waals surface area (Å²) in [4.78, 5) is 13.6. The van der Waals surface area contributed by atoms with Crippen molar-refractivity contribution in [1.29, 1.82) is 0 Å². The predicted molar refractivity (Wildman–Crippen MR) is 97.1 cm³/mol. The van der Waals surface area contributed by atoms with Crippen LogP contribution in [0.3, 0.4) is 0 Å². The van der Waals surface area contributed by atoms with E-state index in [0.717, 1.165) is 25.5 Å². The zero-order valence-corrected chi connectivity index (χ0v) is 16.1. The van der Waals surface area contributed by atoms with Crippen LogP contribution in [0.1, 0.15) is 37.0 Å². The number of hydrogen-bond acceptors (Lipinski definition) is 4. The van der Waals surface area contributed by atoms with Crippen LogP contribution in [0.5, 0.6) is 0 Å². The van der Waals surface area contributed by atoms with E-state index in [-0.39, 0.29) is 41.4 Å². The fraction of sp³-hybridized carbons (Fsp3) is 0.562. The molecule has 1 atom stereocenters. The molecule has 1 aromatic carbocycles. The second kappa shape index (κ2) is 9.47. The summed E-state index contributed by atoms with van der Waals surface area (Å²) in [5, 5.41) is 3.08. The Bertz CT molecular complexity index is 694. The third-order valence-corrected chi connectivity index (χ3v) is 5.43. The Labute approximate surface area is 154 Å². The van der Waals surface area contributed by atoms with Gasteiger partial charge < -0.3 is 10.2 Å². The van der Waals surface area contributed by atoms with Gasteiger partial charge in [-0.1, -0.05) is 6.92 Å². The number of rotatable bonds is 7. The second-order valence-electron chi connectivity index (χ2n) is 5.95. The van der Waals surface area contributed by atoms with Crippen LogP contribution >= 0.6 is 12.4 Å². The number of amides is 1. The van der Waals surface area contributed by atoms with Crippen molar-refractivity contribution < 1.29 is 17.6 Å². The molecule has 0 spiro atoms. The van der Waals surface area contributed by atoms with Crippen LogP contribution in [0.15, 0.2) is 23.1 Å². The van der Waals surface area contributed by atoms with E-state index in [4.69, 9.17) is 0 Å². The first-order valence-electron chi connectivity index (χ1n) is 8.17. The van der Waals surface area contributed by atoms with E-state index in [2.05, 4.69) is 10.0 Å². The number of hydrogen-bond donors (Lipinski definition) is 2. The van der Waals surface area contributed by atoms with E-state index >= 15 is 0 Å². The first-order chi connectivity index (χ1) is 11.3. The maximum Gasteiger partial charge on any atom is 0.256 e. The lowest BCUT2D eigenvalue weighted by Crippen LogP contribution is -2.38. The first kappa shape index (κ1) is 21.8. The van der Waals surface area contributed by atoms with Crippen molar-refractivity contribution in [3.63, 3.8) is 0 Å². The fourth-order valence-electron chi connectivity index (χ4n) is 2.67. The highest BCUT2D eigenvalue weighted by Gasteiger charge is 2.24. The largest absolute Gasteiger partial charge is 0.339 e. The average Bonchev–Trinajstić information content (AvgIpc) is 3.07. The molecule has 142 valence electrons. The maximum atomic E-state index is 14.3.